The molecule has 1 aromatic carbocycles. The van der Waals surface area contributed by atoms with E-state index in [0.717, 1.165) is 6.07 Å². The second-order valence-electron chi connectivity index (χ2n) is 4.51. The van der Waals surface area contributed by atoms with E-state index in [-0.39, 0.29) is 17.1 Å². The maximum Gasteiger partial charge on any atom is 0.501 e. The molecule has 114 valence electrons. The largest absolute Gasteiger partial charge is 0.501 e. The molecule has 0 spiro atoms. The van der Waals surface area contributed by atoms with Gasteiger partial charge in [0.25, 0.3) is 9.84 Å². The third kappa shape index (κ3) is 4.02. The van der Waals surface area contributed by atoms with Crippen LogP contribution in [-0.4, -0.2) is 25.3 Å². The van der Waals surface area contributed by atoms with Crippen molar-refractivity contribution in [2.75, 3.05) is 5.32 Å². The van der Waals surface area contributed by atoms with Crippen molar-refractivity contribution in [3.63, 3.8) is 0 Å². The van der Waals surface area contributed by atoms with Crippen molar-refractivity contribution >= 4 is 27.1 Å². The van der Waals surface area contributed by atoms with Crippen LogP contribution in [-0.2, 0) is 9.84 Å². The summed E-state index contributed by atoms with van der Waals surface area (Å²) in [5, 5.41) is 2.58. The Hall–Kier alpha value is -0.950. The highest BCUT2D eigenvalue weighted by molar-refractivity contribution is 7.92. The summed E-state index contributed by atoms with van der Waals surface area (Å²) in [6.07, 6.45) is 0.488. The van der Waals surface area contributed by atoms with E-state index in [1.54, 1.807) is 13.8 Å². The molecule has 0 aliphatic heterocycles. The minimum Gasteiger partial charge on any atom is -0.381 e. The molecule has 8 heteroatoms. The van der Waals surface area contributed by atoms with Crippen LogP contribution in [0.1, 0.15) is 20.3 Å². The van der Waals surface area contributed by atoms with Gasteiger partial charge < -0.3 is 5.32 Å². The fourth-order valence-corrected chi connectivity index (χ4v) is 2.95. The second kappa shape index (κ2) is 6.22. The van der Waals surface area contributed by atoms with Gasteiger partial charge in [-0.15, -0.1) is 11.6 Å². The van der Waals surface area contributed by atoms with E-state index >= 15 is 0 Å². The number of sulfone groups is 1. The highest BCUT2D eigenvalue weighted by Gasteiger charge is 2.47. The van der Waals surface area contributed by atoms with E-state index in [2.05, 4.69) is 5.32 Å². The zero-order valence-corrected chi connectivity index (χ0v) is 12.5. The average molecular weight is 330 g/mol. The SMILES string of the molecule is CC(Cl)CC(C)Nc1ccccc1S(=O)(=O)C(F)(F)F. The maximum atomic E-state index is 12.6. The Morgan fingerprint density at radius 3 is 2.30 bits per heavy atom. The number of halogens is 4. The van der Waals surface area contributed by atoms with Gasteiger partial charge >= 0.3 is 5.51 Å². The molecule has 2 unspecified atom stereocenters. The van der Waals surface area contributed by atoms with E-state index in [1.807, 2.05) is 0 Å². The Morgan fingerprint density at radius 2 is 1.80 bits per heavy atom. The molecule has 0 fully saturated rings. The van der Waals surface area contributed by atoms with Crippen LogP contribution < -0.4 is 5.32 Å². The summed E-state index contributed by atoms with van der Waals surface area (Å²) in [6, 6.07) is 4.69. The van der Waals surface area contributed by atoms with Crippen molar-refractivity contribution in [3.8, 4) is 0 Å². The number of nitrogens with one attached hydrogen (secondary N) is 1. The smallest absolute Gasteiger partial charge is 0.381 e. The standard InChI is InChI=1S/C12H15ClF3NO2S/c1-8(13)7-9(2)17-10-5-3-4-6-11(10)20(18,19)12(14,15)16/h3-6,8-9,17H,7H2,1-2H3. The van der Waals surface area contributed by atoms with Crippen LogP contribution in [0, 0.1) is 0 Å². The third-order valence-electron chi connectivity index (χ3n) is 2.56. The Balaban J connectivity index is 3.13. The summed E-state index contributed by atoms with van der Waals surface area (Å²) in [4.78, 5) is -0.776. The summed E-state index contributed by atoms with van der Waals surface area (Å²) in [6.45, 7) is 3.47. The fourth-order valence-electron chi connectivity index (χ4n) is 1.76. The Labute approximate surface area is 121 Å². The number of rotatable bonds is 5. The van der Waals surface area contributed by atoms with Crippen molar-refractivity contribution < 1.29 is 21.6 Å². The molecule has 0 aromatic heterocycles. The minimum absolute atomic E-state index is 0.0744. The van der Waals surface area contributed by atoms with Crippen LogP contribution in [0.2, 0.25) is 0 Å². The first-order valence-electron chi connectivity index (χ1n) is 5.86. The predicted molar refractivity (Wildman–Crippen MR) is 72.7 cm³/mol. The van der Waals surface area contributed by atoms with Gasteiger partial charge in [-0.1, -0.05) is 12.1 Å². The van der Waals surface area contributed by atoms with Crippen molar-refractivity contribution in [3.05, 3.63) is 24.3 Å². The highest BCUT2D eigenvalue weighted by atomic mass is 35.5. The molecule has 0 amide bonds. The number of benzene rings is 1. The van der Waals surface area contributed by atoms with Gasteiger partial charge in [-0.3, -0.25) is 0 Å². The molecule has 1 N–H and O–H groups in total. The summed E-state index contributed by atoms with van der Waals surface area (Å²) in [7, 11) is -5.38. The van der Waals surface area contributed by atoms with E-state index < -0.39 is 20.2 Å². The van der Waals surface area contributed by atoms with Gasteiger partial charge in [-0.2, -0.15) is 13.2 Å². The lowest BCUT2D eigenvalue weighted by molar-refractivity contribution is -0.0435. The molecule has 1 rings (SSSR count). The van der Waals surface area contributed by atoms with Gasteiger partial charge in [-0.25, -0.2) is 8.42 Å². The van der Waals surface area contributed by atoms with Gasteiger partial charge in [0.1, 0.15) is 0 Å². The van der Waals surface area contributed by atoms with Gasteiger partial charge in [0.15, 0.2) is 0 Å². The van der Waals surface area contributed by atoms with E-state index in [4.69, 9.17) is 11.6 Å². The average Bonchev–Trinajstić information content (AvgIpc) is 2.26. The first kappa shape index (κ1) is 17.1. The van der Waals surface area contributed by atoms with Crippen molar-refractivity contribution in [2.45, 2.75) is 42.1 Å². The van der Waals surface area contributed by atoms with E-state index in [1.165, 1.54) is 18.2 Å². The van der Waals surface area contributed by atoms with Gasteiger partial charge in [0.05, 0.1) is 10.6 Å². The van der Waals surface area contributed by atoms with Crippen molar-refractivity contribution in [1.82, 2.24) is 0 Å². The third-order valence-corrected chi connectivity index (χ3v) is 4.28. The monoisotopic (exact) mass is 329 g/mol. The molecule has 0 saturated carbocycles. The summed E-state index contributed by atoms with van der Waals surface area (Å²) in [5.41, 5.74) is -5.40. The molecular weight excluding hydrogens is 315 g/mol. The number of alkyl halides is 4. The number of para-hydroxylation sites is 1. The number of hydrogen-bond acceptors (Lipinski definition) is 3. The van der Waals surface area contributed by atoms with Crippen molar-refractivity contribution in [1.29, 1.82) is 0 Å². The first-order valence-corrected chi connectivity index (χ1v) is 7.78. The lowest BCUT2D eigenvalue weighted by atomic mass is 10.2. The van der Waals surface area contributed by atoms with Crippen LogP contribution in [0.15, 0.2) is 29.2 Å². The summed E-state index contributed by atoms with van der Waals surface area (Å²) in [5.74, 6) is 0. The molecule has 0 aliphatic rings. The Bertz CT molecular complexity index is 558. The quantitative estimate of drug-likeness (QED) is 0.836. The summed E-state index contributed by atoms with van der Waals surface area (Å²) < 4.78 is 60.8. The van der Waals surface area contributed by atoms with E-state index in [0.29, 0.717) is 6.42 Å². The molecule has 3 nitrogen and oxygen atoms in total. The van der Waals surface area contributed by atoms with Crippen LogP contribution in [0.25, 0.3) is 0 Å². The predicted octanol–water partition coefficient (Wildman–Crippen LogP) is 3.80. The maximum absolute atomic E-state index is 12.6. The van der Waals surface area contributed by atoms with Crippen LogP contribution in [0.3, 0.4) is 0 Å². The Morgan fingerprint density at radius 1 is 1.25 bits per heavy atom. The first-order chi connectivity index (χ1) is 9.05. The zero-order chi connectivity index (χ0) is 15.6. The fraction of sp³-hybridized carbons (Fsp3) is 0.500. The lowest BCUT2D eigenvalue weighted by Crippen LogP contribution is -2.26. The molecule has 1 aromatic rings. The normalized spacial score (nSPS) is 15.7. The lowest BCUT2D eigenvalue weighted by Gasteiger charge is -2.19. The molecular formula is C12H15ClF3NO2S. The highest BCUT2D eigenvalue weighted by Crippen LogP contribution is 2.34. The minimum atomic E-state index is -5.38. The van der Waals surface area contributed by atoms with Gasteiger partial charge in [-0.05, 0) is 32.4 Å². The second-order valence-corrected chi connectivity index (χ2v) is 7.16. The molecule has 0 heterocycles. The van der Waals surface area contributed by atoms with E-state index in [9.17, 15) is 21.6 Å². The van der Waals surface area contributed by atoms with Crippen LogP contribution >= 0.6 is 11.6 Å². The topological polar surface area (TPSA) is 46.2 Å². The number of anilines is 1. The van der Waals surface area contributed by atoms with Gasteiger partial charge in [0, 0.05) is 11.4 Å². The van der Waals surface area contributed by atoms with Crippen LogP contribution in [0.4, 0.5) is 18.9 Å². The summed E-state index contributed by atoms with van der Waals surface area (Å²) >= 11 is 5.80. The molecule has 20 heavy (non-hydrogen) atoms. The molecule has 2 atom stereocenters. The molecule has 0 bridgehead atoms. The Kier molecular flexibility index (Phi) is 5.32. The molecule has 0 radical (unpaired) electrons. The zero-order valence-electron chi connectivity index (χ0n) is 10.9. The van der Waals surface area contributed by atoms with Crippen molar-refractivity contribution in [2.24, 2.45) is 0 Å². The number of hydrogen-bond donors (Lipinski definition) is 1. The molecule has 0 aliphatic carbocycles. The van der Waals surface area contributed by atoms with Gasteiger partial charge in [0.2, 0.25) is 0 Å². The molecule has 0 saturated heterocycles. The van der Waals surface area contributed by atoms with Crippen LogP contribution in [0.5, 0.6) is 0 Å².